The molecule has 9 heteroatoms. The van der Waals surface area contributed by atoms with Gasteiger partial charge in [0.1, 0.15) is 5.75 Å². The standard InChI is InChI=1S/C31H30N6O3/c1-3-37-25-10-7-19(40-17-26(38)33-13-11-18-6-4-5-12-32-18)14-21(25)28-22-15-34-31(39)29(22)27-20(30(28)37)8-9-24-23(27)16-36(2)35-24/h4-7,10,12,14-16,34,39H,3,8-9,11,13,17H2,1-2H3,(H,33,38). The number of nitrogens with zero attached hydrogens (tertiary/aromatic N) is 4. The zero-order valence-electron chi connectivity index (χ0n) is 22.5. The van der Waals surface area contributed by atoms with Gasteiger partial charge in [0, 0.05) is 83.6 Å². The second-order valence-electron chi connectivity index (χ2n) is 10.3. The number of ether oxygens (including phenoxy) is 1. The molecule has 7 rings (SSSR count). The fraction of sp³-hybridized carbons (Fsp3) is 0.258. The van der Waals surface area contributed by atoms with Crippen LogP contribution in [0.2, 0.25) is 0 Å². The smallest absolute Gasteiger partial charge is 0.257 e. The number of hydrogen-bond donors (Lipinski definition) is 3. The first-order chi connectivity index (χ1) is 19.5. The first-order valence-electron chi connectivity index (χ1n) is 13.7. The lowest BCUT2D eigenvalue weighted by Crippen LogP contribution is -2.30. The molecule has 0 saturated heterocycles. The number of nitrogens with one attached hydrogen (secondary N) is 2. The van der Waals surface area contributed by atoms with Gasteiger partial charge >= 0.3 is 0 Å². The van der Waals surface area contributed by atoms with Gasteiger partial charge in [-0.25, -0.2) is 0 Å². The maximum Gasteiger partial charge on any atom is 0.257 e. The minimum atomic E-state index is -0.175. The van der Waals surface area contributed by atoms with Crippen molar-refractivity contribution < 1.29 is 14.6 Å². The highest BCUT2D eigenvalue weighted by Crippen LogP contribution is 2.49. The molecule has 0 radical (unpaired) electrons. The molecule has 0 spiro atoms. The van der Waals surface area contributed by atoms with Gasteiger partial charge in [-0.05, 0) is 55.7 Å². The summed E-state index contributed by atoms with van der Waals surface area (Å²) in [5.74, 6) is 0.617. The molecule has 2 aromatic carbocycles. The summed E-state index contributed by atoms with van der Waals surface area (Å²) in [6, 6.07) is 11.8. The highest BCUT2D eigenvalue weighted by Gasteiger charge is 2.29. The van der Waals surface area contributed by atoms with Gasteiger partial charge in [-0.2, -0.15) is 5.10 Å². The summed E-state index contributed by atoms with van der Waals surface area (Å²) in [5, 5.41) is 22.5. The summed E-state index contributed by atoms with van der Waals surface area (Å²) in [5.41, 5.74) is 7.64. The van der Waals surface area contributed by atoms with Crippen molar-refractivity contribution in [2.45, 2.75) is 32.7 Å². The Balaban J connectivity index is 1.26. The van der Waals surface area contributed by atoms with Crippen molar-refractivity contribution in [1.82, 2.24) is 29.6 Å². The van der Waals surface area contributed by atoms with Crippen molar-refractivity contribution in [3.05, 3.63) is 71.9 Å². The molecule has 1 aliphatic carbocycles. The highest BCUT2D eigenvalue weighted by molar-refractivity contribution is 6.26. The fourth-order valence-electron chi connectivity index (χ4n) is 6.26. The second kappa shape index (κ2) is 9.44. The molecule has 0 aliphatic heterocycles. The van der Waals surface area contributed by atoms with Gasteiger partial charge in [0.2, 0.25) is 0 Å². The number of aryl methyl sites for hydroxylation is 4. The third-order valence-corrected chi connectivity index (χ3v) is 7.90. The third-order valence-electron chi connectivity index (χ3n) is 7.90. The van der Waals surface area contributed by atoms with Crippen LogP contribution in [-0.2, 0) is 37.6 Å². The Kier molecular flexibility index (Phi) is 5.73. The first-order valence-corrected chi connectivity index (χ1v) is 13.7. The molecule has 0 bridgehead atoms. The van der Waals surface area contributed by atoms with Crippen molar-refractivity contribution in [1.29, 1.82) is 0 Å². The lowest BCUT2D eigenvalue weighted by atomic mass is 9.85. The fourth-order valence-corrected chi connectivity index (χ4v) is 6.26. The van der Waals surface area contributed by atoms with Crippen molar-refractivity contribution >= 4 is 38.5 Å². The lowest BCUT2D eigenvalue weighted by Gasteiger charge is -2.20. The summed E-state index contributed by atoms with van der Waals surface area (Å²) in [6.45, 7) is 3.38. The summed E-state index contributed by atoms with van der Waals surface area (Å²) in [4.78, 5) is 19.8. The summed E-state index contributed by atoms with van der Waals surface area (Å²) in [7, 11) is 1.94. The van der Waals surface area contributed by atoms with E-state index in [0.29, 0.717) is 18.7 Å². The van der Waals surface area contributed by atoms with Crippen LogP contribution >= 0.6 is 0 Å². The van der Waals surface area contributed by atoms with Gasteiger partial charge in [0.05, 0.1) is 16.6 Å². The Morgan fingerprint density at radius 1 is 1.18 bits per heavy atom. The van der Waals surface area contributed by atoms with E-state index in [4.69, 9.17) is 4.74 Å². The summed E-state index contributed by atoms with van der Waals surface area (Å²) in [6.07, 6.45) is 8.05. The third kappa shape index (κ3) is 3.80. The highest BCUT2D eigenvalue weighted by atomic mass is 16.5. The number of hydrogen-bond acceptors (Lipinski definition) is 5. The molecule has 40 heavy (non-hydrogen) atoms. The molecular formula is C31H30N6O3. The molecule has 4 heterocycles. The normalized spacial score (nSPS) is 12.7. The minimum absolute atomic E-state index is 0.0698. The predicted molar refractivity (Wildman–Crippen MR) is 155 cm³/mol. The number of aromatic nitrogens is 5. The topological polar surface area (TPSA) is 110 Å². The Hall–Kier alpha value is -4.79. The van der Waals surface area contributed by atoms with Crippen LogP contribution in [0.15, 0.2) is 55.0 Å². The van der Waals surface area contributed by atoms with Gasteiger partial charge < -0.3 is 24.7 Å². The molecule has 1 amide bonds. The first kappa shape index (κ1) is 24.3. The van der Waals surface area contributed by atoms with E-state index >= 15 is 0 Å². The number of rotatable bonds is 7. The Bertz CT molecular complexity index is 1910. The quantitative estimate of drug-likeness (QED) is 0.277. The van der Waals surface area contributed by atoms with Crippen LogP contribution in [0.5, 0.6) is 11.6 Å². The maximum absolute atomic E-state index is 12.5. The predicted octanol–water partition coefficient (Wildman–Crippen LogP) is 4.63. The van der Waals surface area contributed by atoms with E-state index in [1.807, 2.05) is 48.3 Å². The summed E-state index contributed by atoms with van der Waals surface area (Å²) < 4.78 is 10.1. The molecule has 0 atom stereocenters. The van der Waals surface area contributed by atoms with Gasteiger partial charge in [0.15, 0.2) is 12.5 Å². The zero-order chi connectivity index (χ0) is 27.4. The van der Waals surface area contributed by atoms with Crippen LogP contribution in [0.1, 0.15) is 23.9 Å². The Morgan fingerprint density at radius 3 is 2.90 bits per heavy atom. The van der Waals surface area contributed by atoms with E-state index in [9.17, 15) is 9.90 Å². The molecule has 0 fully saturated rings. The number of fused-ring (bicyclic) bond motifs is 10. The molecule has 6 aromatic rings. The van der Waals surface area contributed by atoms with Crippen LogP contribution < -0.4 is 10.1 Å². The van der Waals surface area contributed by atoms with E-state index in [-0.39, 0.29) is 18.4 Å². The van der Waals surface area contributed by atoms with Crippen molar-refractivity contribution in [3.63, 3.8) is 0 Å². The maximum atomic E-state index is 12.5. The number of carbonyl (C=O) groups excluding carboxylic acids is 1. The van der Waals surface area contributed by atoms with E-state index in [1.165, 1.54) is 11.1 Å². The van der Waals surface area contributed by atoms with E-state index in [1.54, 1.807) is 6.20 Å². The van der Waals surface area contributed by atoms with Crippen LogP contribution in [0.4, 0.5) is 0 Å². The minimum Gasteiger partial charge on any atom is -0.494 e. The van der Waals surface area contributed by atoms with Gasteiger partial charge in [-0.3, -0.25) is 14.5 Å². The monoisotopic (exact) mass is 534 g/mol. The molecule has 0 unspecified atom stereocenters. The van der Waals surface area contributed by atoms with Crippen molar-refractivity contribution in [2.24, 2.45) is 7.05 Å². The average molecular weight is 535 g/mol. The van der Waals surface area contributed by atoms with E-state index < -0.39 is 0 Å². The number of carbonyl (C=O) groups is 1. The van der Waals surface area contributed by atoms with Crippen LogP contribution in [0.3, 0.4) is 0 Å². The molecule has 3 N–H and O–H groups in total. The number of amides is 1. The largest absolute Gasteiger partial charge is 0.494 e. The number of aromatic amines is 1. The molecular weight excluding hydrogens is 504 g/mol. The molecule has 9 nitrogen and oxygen atoms in total. The molecule has 4 aromatic heterocycles. The Morgan fingerprint density at radius 2 is 2.08 bits per heavy atom. The van der Waals surface area contributed by atoms with Gasteiger partial charge in [-0.15, -0.1) is 0 Å². The van der Waals surface area contributed by atoms with Gasteiger partial charge in [-0.1, -0.05) is 6.07 Å². The van der Waals surface area contributed by atoms with Crippen molar-refractivity contribution in [2.75, 3.05) is 13.2 Å². The SMILES string of the molecule is CCn1c2ccc(OCC(=O)NCCc3ccccn3)cc2c2c3c[nH]c(O)c3c3c(c21)CCc1nn(C)cc1-3. The van der Waals surface area contributed by atoms with Crippen LogP contribution in [0.25, 0.3) is 43.7 Å². The average Bonchev–Trinajstić information content (AvgIpc) is 3.64. The van der Waals surface area contributed by atoms with E-state index in [0.717, 1.165) is 69.0 Å². The number of benzene rings is 2. The Labute approximate surface area is 230 Å². The number of H-pyrrole nitrogens is 1. The number of aromatic hydroxyl groups is 1. The lowest BCUT2D eigenvalue weighted by molar-refractivity contribution is -0.123. The molecule has 202 valence electrons. The second-order valence-corrected chi connectivity index (χ2v) is 10.3. The zero-order valence-corrected chi connectivity index (χ0v) is 22.5. The van der Waals surface area contributed by atoms with Crippen LogP contribution in [-0.4, -0.2) is 48.5 Å². The molecule has 0 saturated carbocycles. The molecule has 1 aliphatic rings. The van der Waals surface area contributed by atoms with Crippen LogP contribution in [0, 0.1) is 0 Å². The van der Waals surface area contributed by atoms with Gasteiger partial charge in [0.25, 0.3) is 5.91 Å². The van der Waals surface area contributed by atoms with Crippen molar-refractivity contribution in [3.8, 4) is 22.8 Å². The van der Waals surface area contributed by atoms with E-state index in [2.05, 4.69) is 44.1 Å². The summed E-state index contributed by atoms with van der Waals surface area (Å²) >= 11 is 0. The number of pyridine rings is 1.